The van der Waals surface area contributed by atoms with Gasteiger partial charge in [-0.25, -0.2) is 13.8 Å². The summed E-state index contributed by atoms with van der Waals surface area (Å²) in [4.78, 5) is 3.91. The Morgan fingerprint density at radius 3 is 2.71 bits per heavy atom. The number of aromatic nitrogens is 1. The van der Waals surface area contributed by atoms with E-state index >= 15 is 0 Å². The zero-order valence-corrected chi connectivity index (χ0v) is 9.72. The molecular weight excluding hydrogens is 248 g/mol. The molecule has 0 aliphatic carbocycles. The zero-order chi connectivity index (χ0) is 12.6. The van der Waals surface area contributed by atoms with Crippen LogP contribution in [0.3, 0.4) is 0 Å². The van der Waals surface area contributed by atoms with E-state index in [4.69, 9.17) is 17.4 Å². The van der Waals surface area contributed by atoms with Gasteiger partial charge in [-0.05, 0) is 24.6 Å². The Balaban J connectivity index is 2.87. The SMILES string of the molecule is Cc1ccc(Cl)c2c(NN)cc(C(F)F)nc12. The second-order valence-corrected chi connectivity index (χ2v) is 4.03. The van der Waals surface area contributed by atoms with Gasteiger partial charge in [-0.15, -0.1) is 0 Å². The van der Waals surface area contributed by atoms with Crippen molar-refractivity contribution in [1.29, 1.82) is 0 Å². The van der Waals surface area contributed by atoms with Gasteiger partial charge in [-0.1, -0.05) is 17.7 Å². The van der Waals surface area contributed by atoms with Crippen molar-refractivity contribution in [2.24, 2.45) is 5.84 Å². The summed E-state index contributed by atoms with van der Waals surface area (Å²) in [5.74, 6) is 5.32. The molecule has 0 atom stereocenters. The van der Waals surface area contributed by atoms with Crippen molar-refractivity contribution in [3.8, 4) is 0 Å². The smallest absolute Gasteiger partial charge is 0.280 e. The summed E-state index contributed by atoms with van der Waals surface area (Å²) in [5, 5.41) is 0.977. The van der Waals surface area contributed by atoms with E-state index in [1.165, 1.54) is 6.07 Å². The first-order valence-corrected chi connectivity index (χ1v) is 5.27. The molecule has 0 spiro atoms. The lowest BCUT2D eigenvalue weighted by atomic mass is 10.1. The van der Waals surface area contributed by atoms with Crippen LogP contribution < -0.4 is 11.3 Å². The standard InChI is InChI=1S/C11H10ClF2N3/c1-5-2-3-6(12)9-7(17-15)4-8(11(13)14)16-10(5)9/h2-4,11H,15H2,1H3,(H,16,17). The number of alkyl halides is 2. The third kappa shape index (κ3) is 2.03. The number of halogens is 3. The van der Waals surface area contributed by atoms with Gasteiger partial charge in [0.15, 0.2) is 0 Å². The van der Waals surface area contributed by atoms with Crippen molar-refractivity contribution in [2.75, 3.05) is 5.43 Å². The number of nitrogens with two attached hydrogens (primary N) is 1. The van der Waals surface area contributed by atoms with Gasteiger partial charge in [-0.3, -0.25) is 5.84 Å². The molecular formula is C11H10ClF2N3. The summed E-state index contributed by atoms with van der Waals surface area (Å²) < 4.78 is 25.4. The number of nitrogens with one attached hydrogen (secondary N) is 1. The van der Waals surface area contributed by atoms with E-state index in [1.54, 1.807) is 19.1 Å². The van der Waals surface area contributed by atoms with Gasteiger partial charge in [0, 0.05) is 5.39 Å². The highest BCUT2D eigenvalue weighted by Crippen LogP contribution is 2.33. The van der Waals surface area contributed by atoms with E-state index in [-0.39, 0.29) is 5.69 Å². The van der Waals surface area contributed by atoms with Crippen molar-refractivity contribution in [3.05, 3.63) is 34.5 Å². The second kappa shape index (κ2) is 4.43. The van der Waals surface area contributed by atoms with Crippen LogP contribution in [0.15, 0.2) is 18.2 Å². The maximum Gasteiger partial charge on any atom is 0.280 e. The highest BCUT2D eigenvalue weighted by molar-refractivity contribution is 6.36. The fourth-order valence-corrected chi connectivity index (χ4v) is 1.93. The number of hydrazine groups is 1. The molecule has 0 saturated heterocycles. The van der Waals surface area contributed by atoms with Gasteiger partial charge in [-0.2, -0.15) is 0 Å². The van der Waals surface area contributed by atoms with Gasteiger partial charge in [0.25, 0.3) is 6.43 Å². The molecule has 17 heavy (non-hydrogen) atoms. The number of fused-ring (bicyclic) bond motifs is 1. The summed E-state index contributed by atoms with van der Waals surface area (Å²) in [7, 11) is 0. The summed E-state index contributed by atoms with van der Waals surface area (Å²) in [5.41, 5.74) is 3.60. The summed E-state index contributed by atoms with van der Waals surface area (Å²) in [6, 6.07) is 4.62. The third-order valence-corrected chi connectivity index (χ3v) is 2.83. The predicted molar refractivity (Wildman–Crippen MR) is 64.3 cm³/mol. The van der Waals surface area contributed by atoms with Crippen molar-refractivity contribution in [1.82, 2.24) is 4.98 Å². The molecule has 0 unspecified atom stereocenters. The number of pyridine rings is 1. The number of benzene rings is 1. The Hall–Kier alpha value is -1.46. The van der Waals surface area contributed by atoms with Gasteiger partial charge >= 0.3 is 0 Å². The van der Waals surface area contributed by atoms with E-state index in [0.717, 1.165) is 5.56 Å². The van der Waals surface area contributed by atoms with Crippen molar-refractivity contribution in [2.45, 2.75) is 13.3 Å². The molecule has 0 aliphatic rings. The van der Waals surface area contributed by atoms with Gasteiger partial charge in [0.05, 0.1) is 16.2 Å². The van der Waals surface area contributed by atoms with Crippen LogP contribution in [-0.2, 0) is 0 Å². The van der Waals surface area contributed by atoms with Crippen LogP contribution >= 0.6 is 11.6 Å². The van der Waals surface area contributed by atoms with E-state index in [2.05, 4.69) is 10.4 Å². The molecule has 3 nitrogen and oxygen atoms in total. The molecule has 0 radical (unpaired) electrons. The number of hydrogen-bond donors (Lipinski definition) is 2. The Kier molecular flexibility index (Phi) is 3.13. The molecule has 2 rings (SSSR count). The third-order valence-electron chi connectivity index (χ3n) is 2.51. The largest absolute Gasteiger partial charge is 0.323 e. The van der Waals surface area contributed by atoms with Crippen molar-refractivity contribution < 1.29 is 8.78 Å². The minimum Gasteiger partial charge on any atom is -0.323 e. The van der Waals surface area contributed by atoms with Crippen LogP contribution in [0.2, 0.25) is 5.02 Å². The molecule has 0 bridgehead atoms. The maximum absolute atomic E-state index is 12.7. The number of hydrogen-bond acceptors (Lipinski definition) is 3. The van der Waals surface area contributed by atoms with Crippen LogP contribution in [0.25, 0.3) is 10.9 Å². The molecule has 0 fully saturated rings. The fraction of sp³-hybridized carbons (Fsp3) is 0.182. The molecule has 90 valence electrons. The molecule has 3 N–H and O–H groups in total. The Bertz CT molecular complexity index is 572. The number of nitrogen functional groups attached to an aromatic ring is 1. The Morgan fingerprint density at radius 1 is 1.41 bits per heavy atom. The molecule has 0 aliphatic heterocycles. The summed E-state index contributed by atoms with van der Waals surface area (Å²) in [6.45, 7) is 1.78. The Morgan fingerprint density at radius 2 is 2.12 bits per heavy atom. The lowest BCUT2D eigenvalue weighted by molar-refractivity contribution is 0.146. The summed E-state index contributed by atoms with van der Waals surface area (Å²) in [6.07, 6.45) is -2.65. The normalized spacial score (nSPS) is 11.2. The lowest BCUT2D eigenvalue weighted by Crippen LogP contribution is -2.09. The zero-order valence-electron chi connectivity index (χ0n) is 8.97. The number of aryl methyl sites for hydroxylation is 1. The van der Waals surface area contributed by atoms with Gasteiger partial charge in [0.2, 0.25) is 0 Å². The number of rotatable bonds is 2. The summed E-state index contributed by atoms with van der Waals surface area (Å²) >= 11 is 6.02. The average molecular weight is 258 g/mol. The van der Waals surface area contributed by atoms with Crippen LogP contribution in [0.5, 0.6) is 0 Å². The molecule has 6 heteroatoms. The second-order valence-electron chi connectivity index (χ2n) is 3.63. The number of nitrogens with zero attached hydrogens (tertiary/aromatic N) is 1. The van der Waals surface area contributed by atoms with E-state index in [0.29, 0.717) is 21.6 Å². The quantitative estimate of drug-likeness (QED) is 0.640. The first kappa shape index (κ1) is 12.0. The average Bonchev–Trinajstić information content (AvgIpc) is 2.32. The van der Waals surface area contributed by atoms with Crippen LogP contribution in [0.4, 0.5) is 14.5 Å². The monoisotopic (exact) mass is 257 g/mol. The topological polar surface area (TPSA) is 50.9 Å². The van der Waals surface area contributed by atoms with Crippen LogP contribution in [0.1, 0.15) is 17.7 Å². The van der Waals surface area contributed by atoms with E-state index < -0.39 is 6.43 Å². The lowest BCUT2D eigenvalue weighted by Gasteiger charge is -2.11. The molecule has 1 aromatic carbocycles. The van der Waals surface area contributed by atoms with Gasteiger partial charge < -0.3 is 5.43 Å². The maximum atomic E-state index is 12.7. The Labute approximate surface area is 102 Å². The van der Waals surface area contributed by atoms with Crippen LogP contribution in [0, 0.1) is 6.92 Å². The van der Waals surface area contributed by atoms with Gasteiger partial charge in [0.1, 0.15) is 5.69 Å². The highest BCUT2D eigenvalue weighted by atomic mass is 35.5. The highest BCUT2D eigenvalue weighted by Gasteiger charge is 2.15. The molecule has 2 aromatic rings. The molecule has 0 saturated carbocycles. The minimum atomic E-state index is -2.65. The minimum absolute atomic E-state index is 0.323. The van der Waals surface area contributed by atoms with Crippen LogP contribution in [-0.4, -0.2) is 4.98 Å². The molecule has 0 amide bonds. The van der Waals surface area contributed by atoms with Crippen molar-refractivity contribution in [3.63, 3.8) is 0 Å². The van der Waals surface area contributed by atoms with Crippen molar-refractivity contribution >= 4 is 28.2 Å². The first-order chi connectivity index (χ1) is 8.04. The predicted octanol–water partition coefficient (Wildman–Crippen LogP) is 3.42. The number of anilines is 1. The van der Waals surface area contributed by atoms with E-state index in [1.807, 2.05) is 0 Å². The van der Waals surface area contributed by atoms with E-state index in [9.17, 15) is 8.78 Å². The first-order valence-electron chi connectivity index (χ1n) is 4.89. The molecule has 1 heterocycles. The molecule has 1 aromatic heterocycles. The fourth-order valence-electron chi connectivity index (χ4n) is 1.68.